The Morgan fingerprint density at radius 2 is 1.43 bits per heavy atom. The second-order valence-electron chi connectivity index (χ2n) is 4.84. The maximum absolute atomic E-state index is 12.0. The summed E-state index contributed by atoms with van der Waals surface area (Å²) in [5.74, 6) is 0.0581. The van der Waals surface area contributed by atoms with Gasteiger partial charge >= 0.3 is 5.97 Å². The Morgan fingerprint density at radius 3 is 2.00 bits per heavy atom. The lowest BCUT2D eigenvalue weighted by molar-refractivity contribution is 0.0734. The number of carbonyl (C=O) groups excluding carboxylic acids is 1. The third-order valence-corrected chi connectivity index (χ3v) is 3.33. The molecule has 4 nitrogen and oxygen atoms in total. The van der Waals surface area contributed by atoms with Gasteiger partial charge in [0.25, 0.3) is 0 Å². The van der Waals surface area contributed by atoms with Crippen molar-refractivity contribution in [1.29, 1.82) is 5.26 Å². The van der Waals surface area contributed by atoms with Crippen molar-refractivity contribution in [2.24, 2.45) is 0 Å². The maximum Gasteiger partial charge on any atom is 0.343 e. The van der Waals surface area contributed by atoms with Gasteiger partial charge in [-0.15, -0.1) is 0 Å². The standard InChI is InChI=1S/C19H12N2O2/c20-13-14-1-3-15(4-2-14)16-5-7-18(8-6-16)23-19(22)17-9-11-21-12-10-17/h1-12H. The van der Waals surface area contributed by atoms with Crippen LogP contribution in [-0.4, -0.2) is 11.0 Å². The van der Waals surface area contributed by atoms with Crippen molar-refractivity contribution in [3.8, 4) is 22.9 Å². The summed E-state index contributed by atoms with van der Waals surface area (Å²) in [6.45, 7) is 0. The molecule has 0 saturated carbocycles. The Labute approximate surface area is 133 Å². The topological polar surface area (TPSA) is 63.0 Å². The monoisotopic (exact) mass is 300 g/mol. The average molecular weight is 300 g/mol. The maximum atomic E-state index is 12.0. The molecule has 3 rings (SSSR count). The predicted octanol–water partition coefficient (Wildman–Crippen LogP) is 3.84. The van der Waals surface area contributed by atoms with Gasteiger partial charge in [-0.2, -0.15) is 5.26 Å². The van der Waals surface area contributed by atoms with Crippen molar-refractivity contribution in [3.63, 3.8) is 0 Å². The van der Waals surface area contributed by atoms with Crippen molar-refractivity contribution in [1.82, 2.24) is 4.98 Å². The minimum Gasteiger partial charge on any atom is -0.423 e. The molecule has 0 aliphatic rings. The molecule has 2 aromatic carbocycles. The fraction of sp³-hybridized carbons (Fsp3) is 0. The Bertz CT molecular complexity index is 849. The van der Waals surface area contributed by atoms with Crippen LogP contribution in [-0.2, 0) is 0 Å². The highest BCUT2D eigenvalue weighted by Crippen LogP contribution is 2.23. The van der Waals surface area contributed by atoms with E-state index < -0.39 is 5.97 Å². The highest BCUT2D eigenvalue weighted by atomic mass is 16.5. The highest BCUT2D eigenvalue weighted by molar-refractivity contribution is 5.90. The molecule has 0 saturated heterocycles. The molecule has 0 bridgehead atoms. The van der Waals surface area contributed by atoms with E-state index in [1.807, 2.05) is 24.3 Å². The number of carbonyl (C=O) groups is 1. The van der Waals surface area contributed by atoms with E-state index in [-0.39, 0.29) is 0 Å². The lowest BCUT2D eigenvalue weighted by Crippen LogP contribution is -2.08. The molecular weight excluding hydrogens is 288 g/mol. The van der Waals surface area contributed by atoms with Crippen LogP contribution in [0.2, 0.25) is 0 Å². The number of benzene rings is 2. The van der Waals surface area contributed by atoms with E-state index in [2.05, 4.69) is 11.1 Å². The van der Waals surface area contributed by atoms with Gasteiger partial charge in [-0.1, -0.05) is 24.3 Å². The van der Waals surface area contributed by atoms with Crippen LogP contribution in [0, 0.1) is 11.3 Å². The molecule has 0 radical (unpaired) electrons. The Kier molecular flexibility index (Phi) is 4.12. The van der Waals surface area contributed by atoms with Gasteiger partial charge in [-0.3, -0.25) is 4.98 Å². The molecule has 0 spiro atoms. The molecule has 110 valence electrons. The summed E-state index contributed by atoms with van der Waals surface area (Å²) in [7, 11) is 0. The van der Waals surface area contributed by atoms with Crippen LogP contribution in [0.25, 0.3) is 11.1 Å². The minimum atomic E-state index is -0.418. The van der Waals surface area contributed by atoms with Crippen molar-refractivity contribution >= 4 is 5.97 Å². The molecule has 0 aliphatic carbocycles. The van der Waals surface area contributed by atoms with Gasteiger partial charge in [-0.05, 0) is 47.5 Å². The van der Waals surface area contributed by atoms with E-state index in [9.17, 15) is 4.79 Å². The fourth-order valence-electron chi connectivity index (χ4n) is 2.11. The number of ether oxygens (including phenoxy) is 1. The zero-order valence-electron chi connectivity index (χ0n) is 12.1. The molecule has 1 aromatic heterocycles. The average Bonchev–Trinajstić information content (AvgIpc) is 2.63. The van der Waals surface area contributed by atoms with Gasteiger partial charge in [0.05, 0.1) is 17.2 Å². The van der Waals surface area contributed by atoms with Crippen molar-refractivity contribution < 1.29 is 9.53 Å². The van der Waals surface area contributed by atoms with E-state index >= 15 is 0 Å². The largest absolute Gasteiger partial charge is 0.423 e. The van der Waals surface area contributed by atoms with Crippen LogP contribution in [0.5, 0.6) is 5.75 Å². The van der Waals surface area contributed by atoms with E-state index in [4.69, 9.17) is 10.00 Å². The number of pyridine rings is 1. The third kappa shape index (κ3) is 3.42. The van der Waals surface area contributed by atoms with Crippen LogP contribution in [0.1, 0.15) is 15.9 Å². The second-order valence-corrected chi connectivity index (χ2v) is 4.84. The van der Waals surface area contributed by atoms with Gasteiger partial charge in [0.1, 0.15) is 5.75 Å². The number of rotatable bonds is 3. The SMILES string of the molecule is N#Cc1ccc(-c2ccc(OC(=O)c3ccncc3)cc2)cc1. The van der Waals surface area contributed by atoms with Gasteiger partial charge in [0, 0.05) is 12.4 Å². The predicted molar refractivity (Wildman–Crippen MR) is 85.8 cm³/mol. The first-order valence-corrected chi connectivity index (χ1v) is 6.99. The van der Waals surface area contributed by atoms with Crippen LogP contribution in [0.4, 0.5) is 0 Å². The first kappa shape index (κ1) is 14.5. The first-order chi connectivity index (χ1) is 11.3. The molecule has 0 fully saturated rings. The molecule has 3 aromatic rings. The smallest absolute Gasteiger partial charge is 0.343 e. The summed E-state index contributed by atoms with van der Waals surface area (Å²) in [5.41, 5.74) is 3.06. The van der Waals surface area contributed by atoms with Crippen LogP contribution >= 0.6 is 0 Å². The summed E-state index contributed by atoms with van der Waals surface area (Å²) in [5, 5.41) is 8.81. The number of aromatic nitrogens is 1. The molecule has 0 N–H and O–H groups in total. The summed E-state index contributed by atoms with van der Waals surface area (Å²) < 4.78 is 5.32. The quantitative estimate of drug-likeness (QED) is 0.544. The van der Waals surface area contributed by atoms with Crippen LogP contribution in [0.15, 0.2) is 73.1 Å². The van der Waals surface area contributed by atoms with Crippen molar-refractivity contribution in [3.05, 3.63) is 84.2 Å². The summed E-state index contributed by atoms with van der Waals surface area (Å²) in [6, 6.07) is 19.8. The number of esters is 1. The number of nitriles is 1. The summed E-state index contributed by atoms with van der Waals surface area (Å²) in [4.78, 5) is 15.8. The molecule has 0 unspecified atom stereocenters. The van der Waals surface area contributed by atoms with E-state index in [0.717, 1.165) is 11.1 Å². The van der Waals surface area contributed by atoms with Gasteiger partial charge in [0.2, 0.25) is 0 Å². The van der Waals surface area contributed by atoms with E-state index in [1.54, 1.807) is 48.8 Å². The van der Waals surface area contributed by atoms with Crippen LogP contribution < -0.4 is 4.74 Å². The molecule has 4 heteroatoms. The Hall–Kier alpha value is -3.45. The zero-order valence-corrected chi connectivity index (χ0v) is 12.1. The fourth-order valence-corrected chi connectivity index (χ4v) is 2.11. The van der Waals surface area contributed by atoms with Crippen LogP contribution in [0.3, 0.4) is 0 Å². The van der Waals surface area contributed by atoms with Gasteiger partial charge < -0.3 is 4.74 Å². The van der Waals surface area contributed by atoms with E-state index in [0.29, 0.717) is 16.9 Å². The molecular formula is C19H12N2O2. The zero-order chi connectivity index (χ0) is 16.1. The number of nitrogens with zero attached hydrogens (tertiary/aromatic N) is 2. The first-order valence-electron chi connectivity index (χ1n) is 6.99. The lowest BCUT2D eigenvalue weighted by Gasteiger charge is -2.06. The minimum absolute atomic E-state index is 0.418. The highest BCUT2D eigenvalue weighted by Gasteiger charge is 2.08. The number of hydrogen-bond acceptors (Lipinski definition) is 4. The molecule has 0 aliphatic heterocycles. The number of hydrogen-bond donors (Lipinski definition) is 0. The summed E-state index contributed by atoms with van der Waals surface area (Å²) in [6.07, 6.45) is 3.09. The second kappa shape index (κ2) is 6.54. The Balaban J connectivity index is 1.74. The molecule has 0 amide bonds. The van der Waals surface area contributed by atoms with Crippen molar-refractivity contribution in [2.45, 2.75) is 0 Å². The van der Waals surface area contributed by atoms with Gasteiger partial charge in [-0.25, -0.2) is 4.79 Å². The third-order valence-electron chi connectivity index (χ3n) is 3.33. The normalized spacial score (nSPS) is 9.87. The molecule has 0 atom stereocenters. The van der Waals surface area contributed by atoms with Crippen molar-refractivity contribution in [2.75, 3.05) is 0 Å². The molecule has 1 heterocycles. The van der Waals surface area contributed by atoms with E-state index in [1.165, 1.54) is 0 Å². The van der Waals surface area contributed by atoms with Gasteiger partial charge in [0.15, 0.2) is 0 Å². The summed E-state index contributed by atoms with van der Waals surface area (Å²) >= 11 is 0. The Morgan fingerprint density at radius 1 is 0.870 bits per heavy atom. The molecule has 23 heavy (non-hydrogen) atoms. The lowest BCUT2D eigenvalue weighted by atomic mass is 10.0.